The molecule has 0 bridgehead atoms. The van der Waals surface area contributed by atoms with Gasteiger partial charge in [-0.1, -0.05) is 26.0 Å². The maximum atomic E-state index is 12.6. The molecule has 1 aliphatic heterocycles. The molecule has 0 saturated carbocycles. The molecule has 2 heterocycles. The van der Waals surface area contributed by atoms with Gasteiger partial charge in [-0.25, -0.2) is 0 Å². The van der Waals surface area contributed by atoms with Crippen molar-refractivity contribution in [3.8, 4) is 6.07 Å². The quantitative estimate of drug-likeness (QED) is 0.830. The molecule has 0 radical (unpaired) electrons. The van der Waals surface area contributed by atoms with Crippen molar-refractivity contribution in [1.82, 2.24) is 15.1 Å². The predicted molar refractivity (Wildman–Crippen MR) is 109 cm³/mol. The molecule has 146 valence electrons. The van der Waals surface area contributed by atoms with Gasteiger partial charge in [-0.15, -0.1) is 5.10 Å². The van der Waals surface area contributed by atoms with Crippen LogP contribution in [0.5, 0.6) is 0 Å². The van der Waals surface area contributed by atoms with Gasteiger partial charge in [-0.05, 0) is 55.4 Å². The lowest BCUT2D eigenvalue weighted by molar-refractivity contribution is 0.0724. The van der Waals surface area contributed by atoms with Crippen LogP contribution in [0, 0.1) is 11.3 Å². The van der Waals surface area contributed by atoms with Crippen LogP contribution in [0.25, 0.3) is 0 Å². The van der Waals surface area contributed by atoms with E-state index in [1.54, 1.807) is 0 Å². The van der Waals surface area contributed by atoms with Crippen LogP contribution < -0.4 is 5.32 Å². The lowest BCUT2D eigenvalue weighted by Crippen LogP contribution is -2.35. The van der Waals surface area contributed by atoms with Gasteiger partial charge in [-0.3, -0.25) is 4.79 Å². The second-order valence-electron chi connectivity index (χ2n) is 7.07. The molecule has 28 heavy (non-hydrogen) atoms. The second-order valence-corrected chi connectivity index (χ2v) is 7.07. The number of rotatable bonds is 6. The third kappa shape index (κ3) is 4.30. The molecule has 0 unspecified atom stereocenters. The summed E-state index contributed by atoms with van der Waals surface area (Å²) in [7, 11) is 0. The van der Waals surface area contributed by atoms with Crippen LogP contribution >= 0.6 is 0 Å². The average molecular weight is 377 g/mol. The van der Waals surface area contributed by atoms with E-state index >= 15 is 0 Å². The first kappa shape index (κ1) is 19.8. The number of hydrogen-bond donors (Lipinski definition) is 1. The summed E-state index contributed by atoms with van der Waals surface area (Å²) in [6, 6.07) is 9.92. The van der Waals surface area contributed by atoms with E-state index in [1.807, 2.05) is 43.0 Å². The molecule has 1 amide bonds. The van der Waals surface area contributed by atoms with Crippen LogP contribution in [0.2, 0.25) is 0 Å². The fraction of sp³-hybridized carbons (Fsp3) is 0.455. The van der Waals surface area contributed by atoms with Crippen molar-refractivity contribution in [2.45, 2.75) is 52.5 Å². The molecule has 1 saturated heterocycles. The highest BCUT2D eigenvalue weighted by Crippen LogP contribution is 2.21. The highest BCUT2D eigenvalue weighted by molar-refractivity contribution is 5.94. The van der Waals surface area contributed by atoms with Crippen molar-refractivity contribution >= 4 is 11.7 Å². The molecule has 1 aromatic heterocycles. The largest absolute Gasteiger partial charge is 0.363 e. The number of hydrogen-bond acceptors (Lipinski definition) is 5. The molecule has 0 spiro atoms. The number of nitriles is 1. The number of amides is 1. The minimum absolute atomic E-state index is 0.111. The standard InChI is InChI=1S/C22H27N5O/c1-3-18-19(14-23)21(26-25-20(18)4-2)24-15-16-8-10-17(11-9-16)22(28)27-12-6-5-7-13-27/h8-11H,3-7,12-13,15H2,1-2H3,(H,24,26). The Labute approximate surface area is 166 Å². The Morgan fingerprint density at radius 2 is 1.82 bits per heavy atom. The normalized spacial score (nSPS) is 13.8. The number of aromatic nitrogens is 2. The first-order chi connectivity index (χ1) is 13.7. The first-order valence-electron chi connectivity index (χ1n) is 10.1. The molecular weight excluding hydrogens is 350 g/mol. The van der Waals surface area contributed by atoms with Gasteiger partial charge in [0, 0.05) is 25.2 Å². The maximum absolute atomic E-state index is 12.6. The molecule has 0 atom stereocenters. The SMILES string of the molecule is CCc1nnc(NCc2ccc(C(=O)N3CCCCC3)cc2)c(C#N)c1CC. The summed E-state index contributed by atoms with van der Waals surface area (Å²) in [6.45, 7) is 6.27. The molecule has 3 rings (SSSR count). The summed E-state index contributed by atoms with van der Waals surface area (Å²) in [6.07, 6.45) is 4.90. The van der Waals surface area contributed by atoms with E-state index in [1.165, 1.54) is 6.42 Å². The zero-order chi connectivity index (χ0) is 19.9. The minimum Gasteiger partial charge on any atom is -0.363 e. The lowest BCUT2D eigenvalue weighted by atomic mass is 10.0. The molecule has 6 nitrogen and oxygen atoms in total. The van der Waals surface area contributed by atoms with E-state index in [-0.39, 0.29) is 5.91 Å². The summed E-state index contributed by atoms with van der Waals surface area (Å²) < 4.78 is 0. The fourth-order valence-corrected chi connectivity index (χ4v) is 3.65. The number of aryl methyl sites for hydroxylation is 1. The van der Waals surface area contributed by atoms with Crippen LogP contribution in [0.3, 0.4) is 0 Å². The molecule has 1 aromatic carbocycles. The number of nitrogens with one attached hydrogen (secondary N) is 1. The van der Waals surface area contributed by atoms with E-state index < -0.39 is 0 Å². The van der Waals surface area contributed by atoms with Gasteiger partial charge in [0.25, 0.3) is 5.91 Å². The maximum Gasteiger partial charge on any atom is 0.253 e. The third-order valence-electron chi connectivity index (χ3n) is 5.26. The number of carbonyl (C=O) groups excluding carboxylic acids is 1. The first-order valence-corrected chi connectivity index (χ1v) is 10.1. The minimum atomic E-state index is 0.111. The highest BCUT2D eigenvalue weighted by atomic mass is 16.2. The Bertz CT molecular complexity index is 864. The van der Waals surface area contributed by atoms with E-state index in [0.29, 0.717) is 17.9 Å². The molecule has 1 N–H and O–H groups in total. The monoisotopic (exact) mass is 377 g/mol. The van der Waals surface area contributed by atoms with Crippen molar-refractivity contribution in [3.63, 3.8) is 0 Å². The Morgan fingerprint density at radius 3 is 2.43 bits per heavy atom. The fourth-order valence-electron chi connectivity index (χ4n) is 3.65. The van der Waals surface area contributed by atoms with E-state index in [4.69, 9.17) is 0 Å². The smallest absolute Gasteiger partial charge is 0.253 e. The van der Waals surface area contributed by atoms with Gasteiger partial charge in [-0.2, -0.15) is 10.4 Å². The zero-order valence-electron chi connectivity index (χ0n) is 16.7. The number of piperidine rings is 1. The molecule has 1 fully saturated rings. The molecule has 1 aliphatic rings. The molecular formula is C22H27N5O. The van der Waals surface area contributed by atoms with Gasteiger partial charge in [0.05, 0.1) is 5.69 Å². The van der Waals surface area contributed by atoms with Crippen LogP contribution in [-0.2, 0) is 19.4 Å². The van der Waals surface area contributed by atoms with E-state index in [2.05, 4.69) is 21.6 Å². The van der Waals surface area contributed by atoms with Crippen molar-refractivity contribution in [1.29, 1.82) is 5.26 Å². The summed E-state index contributed by atoms with van der Waals surface area (Å²) in [5.74, 6) is 0.629. The number of likely N-dealkylation sites (tertiary alicyclic amines) is 1. The van der Waals surface area contributed by atoms with Crippen molar-refractivity contribution in [2.24, 2.45) is 0 Å². The Hall–Kier alpha value is -2.94. The number of benzene rings is 1. The predicted octanol–water partition coefficient (Wildman–Crippen LogP) is 3.71. The number of nitrogens with zero attached hydrogens (tertiary/aromatic N) is 4. The van der Waals surface area contributed by atoms with Crippen molar-refractivity contribution in [3.05, 3.63) is 52.2 Å². The molecule has 2 aromatic rings. The summed E-state index contributed by atoms with van der Waals surface area (Å²) in [5.41, 5.74) is 4.17. The average Bonchev–Trinajstić information content (AvgIpc) is 2.77. The summed E-state index contributed by atoms with van der Waals surface area (Å²) in [5, 5.41) is 21.3. The van der Waals surface area contributed by atoms with Gasteiger partial charge in [0.15, 0.2) is 5.82 Å². The van der Waals surface area contributed by atoms with Gasteiger partial charge in [0.1, 0.15) is 11.6 Å². The number of carbonyl (C=O) groups is 1. The van der Waals surface area contributed by atoms with Gasteiger partial charge in [0.2, 0.25) is 0 Å². The topological polar surface area (TPSA) is 81.9 Å². The summed E-state index contributed by atoms with van der Waals surface area (Å²) in [4.78, 5) is 14.5. The van der Waals surface area contributed by atoms with E-state index in [9.17, 15) is 10.1 Å². The molecule has 0 aliphatic carbocycles. The van der Waals surface area contributed by atoms with Gasteiger partial charge < -0.3 is 10.2 Å². The third-order valence-corrected chi connectivity index (χ3v) is 5.26. The van der Waals surface area contributed by atoms with Crippen LogP contribution in [0.4, 0.5) is 5.82 Å². The Morgan fingerprint density at radius 1 is 1.11 bits per heavy atom. The van der Waals surface area contributed by atoms with Crippen LogP contribution in [0.15, 0.2) is 24.3 Å². The van der Waals surface area contributed by atoms with Crippen molar-refractivity contribution < 1.29 is 4.79 Å². The Balaban J connectivity index is 1.68. The van der Waals surface area contributed by atoms with Crippen molar-refractivity contribution in [2.75, 3.05) is 18.4 Å². The van der Waals surface area contributed by atoms with E-state index in [0.717, 1.165) is 61.2 Å². The molecule has 6 heteroatoms. The van der Waals surface area contributed by atoms with Crippen LogP contribution in [0.1, 0.15) is 65.9 Å². The number of anilines is 1. The summed E-state index contributed by atoms with van der Waals surface area (Å²) >= 11 is 0. The van der Waals surface area contributed by atoms with Gasteiger partial charge >= 0.3 is 0 Å². The van der Waals surface area contributed by atoms with Crippen LogP contribution in [-0.4, -0.2) is 34.1 Å². The zero-order valence-corrected chi connectivity index (χ0v) is 16.7. The lowest BCUT2D eigenvalue weighted by Gasteiger charge is -2.26. The Kier molecular flexibility index (Phi) is 6.59. The second kappa shape index (κ2) is 9.32. The highest BCUT2D eigenvalue weighted by Gasteiger charge is 2.18.